The summed E-state index contributed by atoms with van der Waals surface area (Å²) in [4.78, 5) is 13.5. The normalized spacial score (nSPS) is 18.1. The number of nitrogens with zero attached hydrogens (tertiary/aromatic N) is 1. The van der Waals surface area contributed by atoms with Crippen molar-refractivity contribution in [3.63, 3.8) is 0 Å². The van der Waals surface area contributed by atoms with E-state index in [1.54, 1.807) is 17.0 Å². The maximum Gasteiger partial charge on any atom is 0.240 e. The first-order chi connectivity index (χ1) is 7.77. The molecule has 0 unspecified atom stereocenters. The van der Waals surface area contributed by atoms with Crippen molar-refractivity contribution in [3.05, 3.63) is 30.1 Å². The van der Waals surface area contributed by atoms with Crippen LogP contribution in [0.4, 0.5) is 10.1 Å². The van der Waals surface area contributed by atoms with Gasteiger partial charge in [0.25, 0.3) is 0 Å². The number of rotatable bonds is 1. The minimum atomic E-state index is -0.305. The summed E-state index contributed by atoms with van der Waals surface area (Å²) >= 11 is 0. The first kappa shape index (κ1) is 11.1. The van der Waals surface area contributed by atoms with Gasteiger partial charge in [-0.3, -0.25) is 4.79 Å². The fraction of sp³-hybridized carbons (Fsp3) is 0.417. The van der Waals surface area contributed by atoms with E-state index in [1.165, 1.54) is 12.1 Å². The Morgan fingerprint density at radius 3 is 3.00 bits per heavy atom. The summed E-state index contributed by atoms with van der Waals surface area (Å²) < 4.78 is 13.1. The molecule has 0 radical (unpaired) electrons. The van der Waals surface area contributed by atoms with Crippen LogP contribution < -0.4 is 10.2 Å². The summed E-state index contributed by atoms with van der Waals surface area (Å²) in [6, 6.07) is 6.18. The fourth-order valence-corrected chi connectivity index (χ4v) is 1.85. The van der Waals surface area contributed by atoms with Crippen LogP contribution in [0.2, 0.25) is 0 Å². The van der Waals surface area contributed by atoms with Gasteiger partial charge in [0.05, 0.1) is 6.54 Å². The number of anilines is 1. The Labute approximate surface area is 94.3 Å². The van der Waals surface area contributed by atoms with E-state index in [2.05, 4.69) is 5.32 Å². The highest BCUT2D eigenvalue weighted by Gasteiger charge is 2.17. The molecule has 1 aliphatic heterocycles. The number of carbonyl (C=O) groups excluding carboxylic acids is 1. The molecule has 0 saturated carbocycles. The molecular weight excluding hydrogens is 207 g/mol. The number of halogens is 1. The molecule has 1 N–H and O–H groups in total. The standard InChI is InChI=1S/C12H15FN2O/c13-10-4-3-5-11(8-10)15-7-2-1-6-14-9-12(15)16/h3-5,8,14H,1-2,6-7,9H2. The summed E-state index contributed by atoms with van der Waals surface area (Å²) in [5.74, 6) is -0.300. The average molecular weight is 222 g/mol. The van der Waals surface area contributed by atoms with E-state index in [1.807, 2.05) is 0 Å². The minimum Gasteiger partial charge on any atom is -0.311 e. The third kappa shape index (κ3) is 2.58. The van der Waals surface area contributed by atoms with Gasteiger partial charge in [-0.2, -0.15) is 0 Å². The molecule has 86 valence electrons. The van der Waals surface area contributed by atoms with Crippen LogP contribution >= 0.6 is 0 Å². The molecule has 4 heteroatoms. The van der Waals surface area contributed by atoms with E-state index in [4.69, 9.17) is 0 Å². The van der Waals surface area contributed by atoms with E-state index >= 15 is 0 Å². The van der Waals surface area contributed by atoms with E-state index in [-0.39, 0.29) is 11.7 Å². The van der Waals surface area contributed by atoms with Gasteiger partial charge in [0.1, 0.15) is 5.82 Å². The lowest BCUT2D eigenvalue weighted by molar-refractivity contribution is -0.118. The fourth-order valence-electron chi connectivity index (χ4n) is 1.85. The van der Waals surface area contributed by atoms with E-state index in [0.717, 1.165) is 19.4 Å². The Morgan fingerprint density at radius 1 is 1.31 bits per heavy atom. The molecule has 1 saturated heterocycles. The number of carbonyl (C=O) groups is 1. The highest BCUT2D eigenvalue weighted by atomic mass is 19.1. The van der Waals surface area contributed by atoms with Crippen molar-refractivity contribution in [2.24, 2.45) is 0 Å². The highest BCUT2D eigenvalue weighted by Crippen LogP contribution is 2.17. The molecule has 3 nitrogen and oxygen atoms in total. The molecule has 1 aromatic carbocycles. The van der Waals surface area contributed by atoms with Crippen molar-refractivity contribution in [2.75, 3.05) is 24.5 Å². The SMILES string of the molecule is O=C1CNCCCCN1c1cccc(F)c1. The average Bonchev–Trinajstić information content (AvgIpc) is 2.24. The van der Waals surface area contributed by atoms with Gasteiger partial charge in [-0.05, 0) is 37.6 Å². The zero-order valence-electron chi connectivity index (χ0n) is 9.08. The molecule has 0 bridgehead atoms. The van der Waals surface area contributed by atoms with Crippen molar-refractivity contribution in [3.8, 4) is 0 Å². The third-order valence-corrected chi connectivity index (χ3v) is 2.68. The molecule has 0 spiro atoms. The second kappa shape index (κ2) is 5.07. The lowest BCUT2D eigenvalue weighted by Gasteiger charge is -2.25. The number of amides is 1. The minimum absolute atomic E-state index is 0.00491. The number of nitrogens with one attached hydrogen (secondary N) is 1. The van der Waals surface area contributed by atoms with Crippen LogP contribution in [0, 0.1) is 5.82 Å². The maximum atomic E-state index is 13.1. The van der Waals surface area contributed by atoms with Crippen LogP contribution in [0.1, 0.15) is 12.8 Å². The molecule has 1 amide bonds. The molecule has 1 fully saturated rings. The number of benzene rings is 1. The maximum absolute atomic E-state index is 13.1. The van der Waals surface area contributed by atoms with Gasteiger partial charge in [-0.1, -0.05) is 6.07 Å². The van der Waals surface area contributed by atoms with Gasteiger partial charge in [-0.15, -0.1) is 0 Å². The van der Waals surface area contributed by atoms with Gasteiger partial charge in [0.2, 0.25) is 5.91 Å². The molecule has 1 aromatic rings. The predicted molar refractivity (Wildman–Crippen MR) is 60.9 cm³/mol. The first-order valence-corrected chi connectivity index (χ1v) is 5.54. The molecule has 1 aliphatic rings. The smallest absolute Gasteiger partial charge is 0.240 e. The quantitative estimate of drug-likeness (QED) is 0.781. The monoisotopic (exact) mass is 222 g/mol. The van der Waals surface area contributed by atoms with Crippen LogP contribution in [0.3, 0.4) is 0 Å². The number of hydrogen-bond acceptors (Lipinski definition) is 2. The van der Waals surface area contributed by atoms with Gasteiger partial charge >= 0.3 is 0 Å². The highest BCUT2D eigenvalue weighted by molar-refractivity contribution is 5.94. The molecular formula is C12H15FN2O. The van der Waals surface area contributed by atoms with Crippen molar-refractivity contribution in [1.29, 1.82) is 0 Å². The van der Waals surface area contributed by atoms with Crippen LogP contribution in [0.15, 0.2) is 24.3 Å². The summed E-state index contributed by atoms with van der Waals surface area (Å²) in [5.41, 5.74) is 0.647. The van der Waals surface area contributed by atoms with Crippen molar-refractivity contribution < 1.29 is 9.18 Å². The molecule has 0 aliphatic carbocycles. The number of hydrogen-bond donors (Lipinski definition) is 1. The molecule has 2 rings (SSSR count). The lowest BCUT2D eigenvalue weighted by Crippen LogP contribution is -2.41. The van der Waals surface area contributed by atoms with Crippen molar-refractivity contribution >= 4 is 11.6 Å². The Hall–Kier alpha value is -1.42. The second-order valence-electron chi connectivity index (χ2n) is 3.91. The van der Waals surface area contributed by atoms with Crippen LogP contribution in [0.5, 0.6) is 0 Å². The topological polar surface area (TPSA) is 32.3 Å². The predicted octanol–water partition coefficient (Wildman–Crippen LogP) is 1.54. The first-order valence-electron chi connectivity index (χ1n) is 5.54. The zero-order chi connectivity index (χ0) is 11.4. The zero-order valence-corrected chi connectivity index (χ0v) is 9.08. The van der Waals surface area contributed by atoms with Crippen LogP contribution in [-0.2, 0) is 4.79 Å². The summed E-state index contributed by atoms with van der Waals surface area (Å²) in [6.07, 6.45) is 1.98. The van der Waals surface area contributed by atoms with Gasteiger partial charge < -0.3 is 10.2 Å². The summed E-state index contributed by atoms with van der Waals surface area (Å²) in [5, 5.41) is 3.07. The summed E-state index contributed by atoms with van der Waals surface area (Å²) in [6.45, 7) is 1.88. The Balaban J connectivity index is 2.19. The van der Waals surface area contributed by atoms with Crippen LogP contribution in [0.25, 0.3) is 0 Å². The van der Waals surface area contributed by atoms with Crippen molar-refractivity contribution in [2.45, 2.75) is 12.8 Å². The van der Waals surface area contributed by atoms with E-state index in [0.29, 0.717) is 18.8 Å². The Kier molecular flexibility index (Phi) is 3.51. The van der Waals surface area contributed by atoms with Gasteiger partial charge in [0, 0.05) is 12.2 Å². The van der Waals surface area contributed by atoms with E-state index < -0.39 is 0 Å². The van der Waals surface area contributed by atoms with Gasteiger partial charge in [0.15, 0.2) is 0 Å². The Morgan fingerprint density at radius 2 is 2.19 bits per heavy atom. The lowest BCUT2D eigenvalue weighted by atomic mass is 10.2. The summed E-state index contributed by atoms with van der Waals surface area (Å²) in [7, 11) is 0. The third-order valence-electron chi connectivity index (χ3n) is 2.68. The molecule has 1 heterocycles. The largest absolute Gasteiger partial charge is 0.311 e. The van der Waals surface area contributed by atoms with Crippen LogP contribution in [-0.4, -0.2) is 25.5 Å². The van der Waals surface area contributed by atoms with Crippen molar-refractivity contribution in [1.82, 2.24) is 5.32 Å². The molecule has 0 atom stereocenters. The molecule has 16 heavy (non-hydrogen) atoms. The van der Waals surface area contributed by atoms with Gasteiger partial charge in [-0.25, -0.2) is 4.39 Å². The second-order valence-corrected chi connectivity index (χ2v) is 3.91. The Bertz CT molecular complexity index is 381. The van der Waals surface area contributed by atoms with E-state index in [9.17, 15) is 9.18 Å². The molecule has 0 aromatic heterocycles.